The molecule has 1 fully saturated rings. The first-order chi connectivity index (χ1) is 14.6. The first kappa shape index (κ1) is 19.9. The van der Waals surface area contributed by atoms with E-state index in [1.165, 1.54) is 11.8 Å². The zero-order valence-electron chi connectivity index (χ0n) is 15.9. The van der Waals surface area contributed by atoms with E-state index in [0.717, 1.165) is 20.9 Å². The number of nitrogens with one attached hydrogen (secondary N) is 2. The van der Waals surface area contributed by atoms with Crippen molar-refractivity contribution < 1.29 is 19.4 Å². The van der Waals surface area contributed by atoms with E-state index in [1.54, 1.807) is 12.4 Å². The minimum absolute atomic E-state index is 0.0250. The molecule has 0 aliphatic carbocycles. The number of pyridine rings is 1. The number of ether oxygens (including phenoxy) is 1. The molecule has 30 heavy (non-hydrogen) atoms. The number of amides is 3. The Morgan fingerprint density at radius 1 is 1.03 bits per heavy atom. The number of aromatic nitrogens is 1. The summed E-state index contributed by atoms with van der Waals surface area (Å²) in [6.07, 6.45) is 3.24. The molecule has 7 nitrogen and oxygen atoms in total. The maximum absolute atomic E-state index is 12.0. The third-order valence-corrected chi connectivity index (χ3v) is 5.73. The molecule has 1 atom stereocenters. The second-order valence-corrected chi connectivity index (χ2v) is 7.71. The molecule has 3 aromatic rings. The van der Waals surface area contributed by atoms with Crippen molar-refractivity contribution in [2.45, 2.75) is 29.0 Å². The third-order valence-electron chi connectivity index (χ3n) is 4.63. The maximum Gasteiger partial charge on any atom is 0.322 e. The molecule has 3 amide bonds. The van der Waals surface area contributed by atoms with Gasteiger partial charge in [-0.3, -0.25) is 15.1 Å². The van der Waals surface area contributed by atoms with Gasteiger partial charge in [0, 0.05) is 27.7 Å². The zero-order chi connectivity index (χ0) is 20.9. The van der Waals surface area contributed by atoms with Gasteiger partial charge in [-0.15, -0.1) is 0 Å². The van der Waals surface area contributed by atoms with Gasteiger partial charge in [0.1, 0.15) is 18.4 Å². The first-order valence-electron chi connectivity index (χ1n) is 9.27. The number of aliphatic hydroxyl groups is 1. The Balaban J connectivity index is 1.44. The topological polar surface area (TPSA) is 101 Å². The second kappa shape index (κ2) is 8.98. The van der Waals surface area contributed by atoms with Crippen molar-refractivity contribution in [3.8, 4) is 5.75 Å². The fourth-order valence-corrected chi connectivity index (χ4v) is 4.03. The minimum Gasteiger partial charge on any atom is -0.489 e. The molecule has 0 radical (unpaired) electrons. The Hall–Kier alpha value is -3.36. The number of aliphatic hydroxyl groups excluding tert-OH is 1. The summed E-state index contributed by atoms with van der Waals surface area (Å²) < 4.78 is 5.84. The largest absolute Gasteiger partial charge is 0.489 e. The van der Waals surface area contributed by atoms with Gasteiger partial charge in [0.15, 0.2) is 0 Å². The van der Waals surface area contributed by atoms with Gasteiger partial charge in [-0.25, -0.2) is 4.79 Å². The lowest BCUT2D eigenvalue weighted by Crippen LogP contribution is -2.22. The highest BCUT2D eigenvalue weighted by atomic mass is 32.2. The van der Waals surface area contributed by atoms with Crippen molar-refractivity contribution in [1.82, 2.24) is 15.6 Å². The van der Waals surface area contributed by atoms with Crippen LogP contribution in [0, 0.1) is 0 Å². The van der Waals surface area contributed by atoms with Gasteiger partial charge >= 0.3 is 6.03 Å². The molecule has 1 saturated heterocycles. The van der Waals surface area contributed by atoms with E-state index in [9.17, 15) is 14.7 Å². The van der Waals surface area contributed by atoms with Crippen LogP contribution in [0.3, 0.4) is 0 Å². The lowest BCUT2D eigenvalue weighted by Gasteiger charge is -2.13. The maximum atomic E-state index is 12.0. The molecule has 1 aliphatic rings. The molecule has 1 unspecified atom stereocenters. The SMILES string of the molecule is O=C1NC(=O)C(c2cnccc2Sc2ccc(OCc3ccccc3CO)cc2)N1. The van der Waals surface area contributed by atoms with Crippen LogP contribution in [0.15, 0.2) is 76.8 Å². The van der Waals surface area contributed by atoms with Crippen molar-refractivity contribution in [3.63, 3.8) is 0 Å². The molecular formula is C22H19N3O4S. The van der Waals surface area contributed by atoms with E-state index in [2.05, 4.69) is 15.6 Å². The fourth-order valence-electron chi connectivity index (χ4n) is 3.08. The quantitative estimate of drug-likeness (QED) is 0.507. The lowest BCUT2D eigenvalue weighted by atomic mass is 10.1. The van der Waals surface area contributed by atoms with E-state index in [0.29, 0.717) is 17.9 Å². The number of urea groups is 1. The van der Waals surface area contributed by atoms with Gasteiger partial charge in [-0.05, 0) is 41.5 Å². The Morgan fingerprint density at radius 3 is 2.50 bits per heavy atom. The van der Waals surface area contributed by atoms with Crippen LogP contribution < -0.4 is 15.4 Å². The predicted octanol–water partition coefficient (Wildman–Crippen LogP) is 3.18. The highest BCUT2D eigenvalue weighted by Crippen LogP contribution is 2.34. The molecule has 2 heterocycles. The van der Waals surface area contributed by atoms with Crippen LogP contribution in [0.2, 0.25) is 0 Å². The number of rotatable bonds is 7. The minimum atomic E-state index is -0.747. The van der Waals surface area contributed by atoms with Crippen LogP contribution in [0.1, 0.15) is 22.7 Å². The van der Waals surface area contributed by atoms with Gasteiger partial charge < -0.3 is 15.2 Å². The summed E-state index contributed by atoms with van der Waals surface area (Å²) in [5, 5.41) is 14.3. The third kappa shape index (κ3) is 4.45. The van der Waals surface area contributed by atoms with Crippen LogP contribution in [0.5, 0.6) is 5.75 Å². The summed E-state index contributed by atoms with van der Waals surface area (Å²) >= 11 is 1.47. The van der Waals surface area contributed by atoms with Crippen LogP contribution in [0.4, 0.5) is 4.79 Å². The average Bonchev–Trinajstić information content (AvgIpc) is 3.11. The van der Waals surface area contributed by atoms with Crippen LogP contribution in [0.25, 0.3) is 0 Å². The molecular weight excluding hydrogens is 402 g/mol. The summed E-state index contributed by atoms with van der Waals surface area (Å²) in [6, 6.07) is 15.8. The summed E-state index contributed by atoms with van der Waals surface area (Å²) in [4.78, 5) is 29.3. The van der Waals surface area contributed by atoms with E-state index < -0.39 is 12.1 Å². The standard InChI is InChI=1S/C22H19N3O4S/c26-12-14-3-1-2-4-15(14)13-29-16-5-7-17(8-6-16)30-19-9-10-23-11-18(19)20-21(27)25-22(28)24-20/h1-11,20,26H,12-13H2,(H2,24,25,27,28). The zero-order valence-corrected chi connectivity index (χ0v) is 16.7. The van der Waals surface area contributed by atoms with E-state index in [1.807, 2.05) is 54.6 Å². The molecule has 152 valence electrons. The molecule has 2 aromatic carbocycles. The summed E-state index contributed by atoms with van der Waals surface area (Å²) in [7, 11) is 0. The summed E-state index contributed by atoms with van der Waals surface area (Å²) in [6.45, 7) is 0.344. The van der Waals surface area contributed by atoms with E-state index in [-0.39, 0.29) is 12.5 Å². The predicted molar refractivity (Wildman–Crippen MR) is 111 cm³/mol. The monoisotopic (exact) mass is 421 g/mol. The van der Waals surface area contributed by atoms with Gasteiger partial charge in [0.05, 0.1) is 6.61 Å². The number of nitrogens with zero attached hydrogens (tertiary/aromatic N) is 1. The van der Waals surface area contributed by atoms with Crippen molar-refractivity contribution in [2.75, 3.05) is 0 Å². The van der Waals surface area contributed by atoms with Crippen molar-refractivity contribution in [3.05, 3.63) is 83.7 Å². The van der Waals surface area contributed by atoms with E-state index in [4.69, 9.17) is 4.74 Å². The van der Waals surface area contributed by atoms with Crippen LogP contribution >= 0.6 is 11.8 Å². The Morgan fingerprint density at radius 2 is 1.80 bits per heavy atom. The number of hydrogen-bond acceptors (Lipinski definition) is 6. The molecule has 3 N–H and O–H groups in total. The van der Waals surface area contributed by atoms with Gasteiger partial charge in [-0.2, -0.15) is 0 Å². The molecule has 1 aromatic heterocycles. The lowest BCUT2D eigenvalue weighted by molar-refractivity contribution is -0.120. The van der Waals surface area contributed by atoms with Crippen LogP contribution in [-0.4, -0.2) is 22.0 Å². The summed E-state index contributed by atoms with van der Waals surface area (Å²) in [5.41, 5.74) is 2.43. The first-order valence-corrected chi connectivity index (χ1v) is 10.1. The summed E-state index contributed by atoms with van der Waals surface area (Å²) in [5.74, 6) is 0.325. The Bertz CT molecular complexity index is 1070. The molecule has 0 spiro atoms. The Labute approximate surface area is 177 Å². The number of imide groups is 1. The smallest absolute Gasteiger partial charge is 0.322 e. The molecule has 0 bridgehead atoms. The van der Waals surface area contributed by atoms with Crippen molar-refractivity contribution >= 4 is 23.7 Å². The fraction of sp³-hybridized carbons (Fsp3) is 0.136. The normalized spacial score (nSPS) is 15.6. The second-order valence-electron chi connectivity index (χ2n) is 6.60. The average molecular weight is 421 g/mol. The van der Waals surface area contributed by atoms with Crippen molar-refractivity contribution in [1.29, 1.82) is 0 Å². The van der Waals surface area contributed by atoms with Crippen molar-refractivity contribution in [2.24, 2.45) is 0 Å². The molecule has 0 saturated carbocycles. The molecule has 8 heteroatoms. The Kier molecular flexibility index (Phi) is 5.97. The van der Waals surface area contributed by atoms with E-state index >= 15 is 0 Å². The molecule has 1 aliphatic heterocycles. The number of carbonyl (C=O) groups excluding carboxylic acids is 2. The van der Waals surface area contributed by atoms with Gasteiger partial charge in [-0.1, -0.05) is 36.0 Å². The highest BCUT2D eigenvalue weighted by molar-refractivity contribution is 7.99. The number of benzene rings is 2. The van der Waals surface area contributed by atoms with Gasteiger partial charge in [0.25, 0.3) is 5.91 Å². The van der Waals surface area contributed by atoms with Crippen LogP contribution in [-0.2, 0) is 18.0 Å². The van der Waals surface area contributed by atoms with Gasteiger partial charge in [0.2, 0.25) is 0 Å². The highest BCUT2D eigenvalue weighted by Gasteiger charge is 2.32. The molecule has 4 rings (SSSR count). The number of carbonyl (C=O) groups is 2. The number of hydrogen-bond donors (Lipinski definition) is 3.